The predicted molar refractivity (Wildman–Crippen MR) is 84.1 cm³/mol. The first-order valence-electron chi connectivity index (χ1n) is 7.12. The zero-order valence-electron chi connectivity index (χ0n) is 12.6. The van der Waals surface area contributed by atoms with Crippen molar-refractivity contribution in [2.75, 3.05) is 5.73 Å². The molecule has 0 amide bonds. The van der Waals surface area contributed by atoms with Crippen LogP contribution < -0.4 is 5.73 Å². The molecule has 3 rings (SSSR count). The second-order valence-electron chi connectivity index (χ2n) is 5.22. The summed E-state index contributed by atoms with van der Waals surface area (Å²) in [5.74, 6) is 0.538. The van der Waals surface area contributed by atoms with E-state index in [-0.39, 0.29) is 0 Å². The Morgan fingerprint density at radius 1 is 1.19 bits per heavy atom. The first-order chi connectivity index (χ1) is 10.1. The van der Waals surface area contributed by atoms with Crippen LogP contribution in [0.4, 0.5) is 5.82 Å². The van der Waals surface area contributed by atoms with Crippen LogP contribution in [0.1, 0.15) is 29.4 Å². The molecule has 5 nitrogen and oxygen atoms in total. The topological polar surface area (TPSA) is 69.6 Å². The molecule has 0 aliphatic heterocycles. The third-order valence-electron chi connectivity index (χ3n) is 4.11. The maximum Gasteiger partial charge on any atom is 0.146 e. The smallest absolute Gasteiger partial charge is 0.146 e. The third kappa shape index (κ3) is 2.14. The Morgan fingerprint density at radius 3 is 2.76 bits per heavy atom. The fraction of sp³-hybridized carbons (Fsp3) is 0.312. The SMILES string of the molecule is CCc1cccnc1Cn1c(C)c(C)c2c(N)ncnc21. The minimum absolute atomic E-state index is 0.538. The average molecular weight is 281 g/mol. The van der Waals surface area contributed by atoms with Crippen LogP contribution in [0.3, 0.4) is 0 Å². The average Bonchev–Trinajstić information content (AvgIpc) is 2.74. The summed E-state index contributed by atoms with van der Waals surface area (Å²) in [6, 6.07) is 4.11. The molecule has 0 aliphatic carbocycles. The van der Waals surface area contributed by atoms with Gasteiger partial charge >= 0.3 is 0 Å². The quantitative estimate of drug-likeness (QED) is 0.801. The van der Waals surface area contributed by atoms with E-state index in [4.69, 9.17) is 5.73 Å². The number of nitrogens with zero attached hydrogens (tertiary/aromatic N) is 4. The van der Waals surface area contributed by atoms with Gasteiger partial charge in [0.25, 0.3) is 0 Å². The van der Waals surface area contributed by atoms with E-state index < -0.39 is 0 Å². The number of hydrogen-bond donors (Lipinski definition) is 1. The van der Waals surface area contributed by atoms with E-state index in [1.165, 1.54) is 11.9 Å². The zero-order valence-corrected chi connectivity index (χ0v) is 12.6. The molecule has 0 aliphatic rings. The van der Waals surface area contributed by atoms with Crippen molar-refractivity contribution in [2.45, 2.75) is 33.7 Å². The Morgan fingerprint density at radius 2 is 2.00 bits per heavy atom. The van der Waals surface area contributed by atoms with Gasteiger partial charge in [-0.25, -0.2) is 9.97 Å². The fourth-order valence-corrected chi connectivity index (χ4v) is 2.77. The number of fused-ring (bicyclic) bond motifs is 1. The highest BCUT2D eigenvalue weighted by atomic mass is 15.1. The molecule has 0 saturated heterocycles. The van der Waals surface area contributed by atoms with E-state index in [2.05, 4.69) is 46.4 Å². The van der Waals surface area contributed by atoms with E-state index in [0.717, 1.165) is 34.4 Å². The van der Waals surface area contributed by atoms with E-state index >= 15 is 0 Å². The number of nitrogen functional groups attached to an aromatic ring is 1. The molecule has 2 N–H and O–H groups in total. The number of rotatable bonds is 3. The lowest BCUT2D eigenvalue weighted by atomic mass is 10.1. The van der Waals surface area contributed by atoms with Crippen molar-refractivity contribution in [3.05, 3.63) is 47.2 Å². The summed E-state index contributed by atoms with van der Waals surface area (Å²) in [6.07, 6.45) is 4.33. The maximum absolute atomic E-state index is 6.01. The van der Waals surface area contributed by atoms with Crippen molar-refractivity contribution in [3.63, 3.8) is 0 Å². The van der Waals surface area contributed by atoms with E-state index in [1.54, 1.807) is 0 Å². The van der Waals surface area contributed by atoms with Crippen molar-refractivity contribution >= 4 is 16.9 Å². The molecule has 0 spiro atoms. The van der Waals surface area contributed by atoms with Crippen molar-refractivity contribution < 1.29 is 0 Å². The maximum atomic E-state index is 6.01. The van der Waals surface area contributed by atoms with Crippen molar-refractivity contribution in [1.82, 2.24) is 19.5 Å². The van der Waals surface area contributed by atoms with Gasteiger partial charge in [0.15, 0.2) is 0 Å². The predicted octanol–water partition coefficient (Wildman–Crippen LogP) is 2.64. The highest BCUT2D eigenvalue weighted by Gasteiger charge is 2.16. The van der Waals surface area contributed by atoms with Gasteiger partial charge < -0.3 is 10.3 Å². The Bertz CT molecular complexity index is 804. The molecule has 0 unspecified atom stereocenters. The number of hydrogen-bond acceptors (Lipinski definition) is 4. The summed E-state index contributed by atoms with van der Waals surface area (Å²) in [4.78, 5) is 13.0. The van der Waals surface area contributed by atoms with Crippen LogP contribution in [0.15, 0.2) is 24.7 Å². The highest BCUT2D eigenvalue weighted by Crippen LogP contribution is 2.27. The molecule has 0 fully saturated rings. The molecule has 3 aromatic rings. The summed E-state index contributed by atoms with van der Waals surface area (Å²) >= 11 is 0. The number of anilines is 1. The van der Waals surface area contributed by atoms with E-state index in [0.29, 0.717) is 12.4 Å². The largest absolute Gasteiger partial charge is 0.383 e. The summed E-state index contributed by atoms with van der Waals surface area (Å²) in [5.41, 5.74) is 11.5. The molecular weight excluding hydrogens is 262 g/mol. The Labute approximate surface area is 123 Å². The molecule has 0 atom stereocenters. The molecule has 0 aromatic carbocycles. The molecule has 21 heavy (non-hydrogen) atoms. The lowest BCUT2D eigenvalue weighted by Gasteiger charge is -2.10. The number of nitrogens with two attached hydrogens (primary N) is 1. The van der Waals surface area contributed by atoms with E-state index in [1.807, 2.05) is 12.3 Å². The number of aryl methyl sites for hydroxylation is 2. The first-order valence-corrected chi connectivity index (χ1v) is 7.12. The van der Waals surface area contributed by atoms with Crippen LogP contribution in [-0.2, 0) is 13.0 Å². The van der Waals surface area contributed by atoms with Crippen molar-refractivity contribution in [2.24, 2.45) is 0 Å². The fourth-order valence-electron chi connectivity index (χ4n) is 2.77. The van der Waals surface area contributed by atoms with Gasteiger partial charge in [-0.1, -0.05) is 13.0 Å². The van der Waals surface area contributed by atoms with Crippen LogP contribution in [0, 0.1) is 13.8 Å². The van der Waals surface area contributed by atoms with Gasteiger partial charge in [0, 0.05) is 11.9 Å². The molecule has 5 heteroatoms. The molecule has 0 radical (unpaired) electrons. The number of aromatic nitrogens is 4. The molecular formula is C16H19N5. The van der Waals surface area contributed by atoms with Crippen molar-refractivity contribution in [3.8, 4) is 0 Å². The van der Waals surface area contributed by atoms with Gasteiger partial charge in [-0.2, -0.15) is 0 Å². The van der Waals surface area contributed by atoms with Gasteiger partial charge in [0.05, 0.1) is 17.6 Å². The molecule has 3 aromatic heterocycles. The lowest BCUT2D eigenvalue weighted by Crippen LogP contribution is -2.07. The minimum Gasteiger partial charge on any atom is -0.383 e. The standard InChI is InChI=1S/C16H19N5/c1-4-12-6-5-7-18-13(12)8-21-11(3)10(2)14-15(17)19-9-20-16(14)21/h5-7,9H,4,8H2,1-3H3,(H2,17,19,20). The van der Waals surface area contributed by atoms with Crippen LogP contribution in [0.5, 0.6) is 0 Å². The Kier molecular flexibility index (Phi) is 3.33. The van der Waals surface area contributed by atoms with Gasteiger partial charge in [-0.15, -0.1) is 0 Å². The van der Waals surface area contributed by atoms with Crippen LogP contribution in [0.2, 0.25) is 0 Å². The summed E-state index contributed by atoms with van der Waals surface area (Å²) < 4.78 is 2.17. The normalized spacial score (nSPS) is 11.2. The summed E-state index contributed by atoms with van der Waals surface area (Å²) in [6.45, 7) is 7.00. The second kappa shape index (κ2) is 5.16. The monoisotopic (exact) mass is 281 g/mol. The molecule has 108 valence electrons. The van der Waals surface area contributed by atoms with Crippen LogP contribution in [-0.4, -0.2) is 19.5 Å². The lowest BCUT2D eigenvalue weighted by molar-refractivity contribution is 0.756. The van der Waals surface area contributed by atoms with Gasteiger partial charge in [0.1, 0.15) is 17.8 Å². The van der Waals surface area contributed by atoms with Gasteiger partial charge in [-0.05, 0) is 37.5 Å². The van der Waals surface area contributed by atoms with E-state index in [9.17, 15) is 0 Å². The van der Waals surface area contributed by atoms with Gasteiger partial charge in [0.2, 0.25) is 0 Å². The minimum atomic E-state index is 0.538. The van der Waals surface area contributed by atoms with Gasteiger partial charge in [-0.3, -0.25) is 4.98 Å². The van der Waals surface area contributed by atoms with Crippen LogP contribution >= 0.6 is 0 Å². The third-order valence-corrected chi connectivity index (χ3v) is 4.11. The van der Waals surface area contributed by atoms with Crippen molar-refractivity contribution in [1.29, 1.82) is 0 Å². The summed E-state index contributed by atoms with van der Waals surface area (Å²) in [5, 5.41) is 0.948. The molecule has 0 bridgehead atoms. The zero-order chi connectivity index (χ0) is 15.0. The first kappa shape index (κ1) is 13.5. The Hall–Kier alpha value is -2.43. The molecule has 3 heterocycles. The highest BCUT2D eigenvalue weighted by molar-refractivity contribution is 5.90. The van der Waals surface area contributed by atoms with Crippen LogP contribution in [0.25, 0.3) is 11.0 Å². The number of pyridine rings is 1. The Balaban J connectivity index is 2.17. The second-order valence-corrected chi connectivity index (χ2v) is 5.22. The summed E-state index contributed by atoms with van der Waals surface area (Å²) in [7, 11) is 0. The molecule has 0 saturated carbocycles.